The van der Waals surface area contributed by atoms with Crippen LogP contribution in [0.4, 0.5) is 0 Å². The van der Waals surface area contributed by atoms with Crippen LogP contribution in [0.15, 0.2) is 41.5 Å². The van der Waals surface area contributed by atoms with Crippen LogP contribution in [0, 0.1) is 11.8 Å². The van der Waals surface area contributed by atoms with Crippen LogP contribution in [0.3, 0.4) is 0 Å². The molecule has 2 fully saturated rings. The molecule has 1 aliphatic heterocycles. The molecule has 2 atom stereocenters. The van der Waals surface area contributed by atoms with Crippen LogP contribution in [0.1, 0.15) is 38.2 Å². The predicted molar refractivity (Wildman–Crippen MR) is 124 cm³/mol. The number of nitrogens with one attached hydrogen (secondary N) is 1. The van der Waals surface area contributed by atoms with E-state index < -0.39 is 0 Å². The smallest absolute Gasteiger partial charge is 0.193 e. The van der Waals surface area contributed by atoms with Gasteiger partial charge < -0.3 is 10.2 Å². The number of hydrogen-bond donors (Lipinski definition) is 1. The summed E-state index contributed by atoms with van der Waals surface area (Å²) in [5.41, 5.74) is 2.40. The van der Waals surface area contributed by atoms with Crippen LogP contribution < -0.4 is 5.32 Å². The quantitative estimate of drug-likeness (QED) is 0.400. The van der Waals surface area contributed by atoms with Crippen molar-refractivity contribution in [3.8, 4) is 0 Å². The Hall–Kier alpha value is -1.37. The van der Waals surface area contributed by atoms with Crippen molar-refractivity contribution < 1.29 is 0 Å². The number of aromatic nitrogens is 1. The van der Waals surface area contributed by atoms with Gasteiger partial charge in [-0.15, -0.1) is 24.0 Å². The number of hydrogen-bond acceptors (Lipinski definition) is 2. The lowest BCUT2D eigenvalue weighted by Crippen LogP contribution is -2.40. The lowest BCUT2D eigenvalue weighted by atomic mass is 9.82. The van der Waals surface area contributed by atoms with Gasteiger partial charge in [-0.2, -0.15) is 0 Å². The second-order valence-electron chi connectivity index (χ2n) is 7.69. The third kappa shape index (κ3) is 4.73. The molecule has 5 heteroatoms. The summed E-state index contributed by atoms with van der Waals surface area (Å²) in [5, 5.41) is 4.73. The van der Waals surface area contributed by atoms with E-state index in [-0.39, 0.29) is 24.0 Å². The SMILES string of the molecule is CCNC(=NCCc1cccc2cccnc12)N1CC2CCCCC2C1.I. The van der Waals surface area contributed by atoms with Gasteiger partial charge >= 0.3 is 0 Å². The Bertz CT molecular complexity index is 757. The van der Waals surface area contributed by atoms with E-state index in [2.05, 4.69) is 46.4 Å². The molecule has 1 aliphatic carbocycles. The van der Waals surface area contributed by atoms with Crippen molar-refractivity contribution in [1.29, 1.82) is 0 Å². The maximum atomic E-state index is 4.96. The fraction of sp³-hybridized carbons (Fsp3) is 0.545. The average molecular weight is 478 g/mol. The van der Waals surface area contributed by atoms with Crippen molar-refractivity contribution in [1.82, 2.24) is 15.2 Å². The zero-order chi connectivity index (χ0) is 17.8. The first-order valence-electron chi connectivity index (χ1n) is 10.2. The molecule has 27 heavy (non-hydrogen) atoms. The molecular formula is C22H31IN4. The van der Waals surface area contributed by atoms with E-state index in [4.69, 9.17) is 4.99 Å². The van der Waals surface area contributed by atoms with Gasteiger partial charge in [0.25, 0.3) is 0 Å². The van der Waals surface area contributed by atoms with Gasteiger partial charge in [-0.05, 0) is 49.7 Å². The first kappa shape index (κ1) is 20.4. The number of likely N-dealkylation sites (tertiary alicyclic amines) is 1. The molecule has 2 unspecified atom stereocenters. The molecule has 4 rings (SSSR count). The fourth-order valence-corrected chi connectivity index (χ4v) is 4.66. The number of nitrogens with zero attached hydrogens (tertiary/aromatic N) is 3. The molecule has 2 aliphatic rings. The normalized spacial score (nSPS) is 22.4. The fourth-order valence-electron chi connectivity index (χ4n) is 4.66. The molecule has 2 heterocycles. The highest BCUT2D eigenvalue weighted by Gasteiger charge is 2.35. The largest absolute Gasteiger partial charge is 0.357 e. The van der Waals surface area contributed by atoms with E-state index in [0.717, 1.165) is 42.8 Å². The Labute approximate surface area is 179 Å². The minimum atomic E-state index is 0. The molecule has 1 aromatic heterocycles. The summed E-state index contributed by atoms with van der Waals surface area (Å²) < 4.78 is 0. The number of rotatable bonds is 4. The Morgan fingerprint density at radius 2 is 1.89 bits per heavy atom. The van der Waals surface area contributed by atoms with Crippen molar-refractivity contribution in [2.45, 2.75) is 39.0 Å². The third-order valence-corrected chi connectivity index (χ3v) is 5.97. The summed E-state index contributed by atoms with van der Waals surface area (Å²) in [6.45, 7) is 6.27. The number of aliphatic imine (C=N–C) groups is 1. The van der Waals surface area contributed by atoms with E-state index in [0.29, 0.717) is 0 Å². The molecule has 0 amide bonds. The summed E-state index contributed by atoms with van der Waals surface area (Å²) in [7, 11) is 0. The molecule has 1 N–H and O–H groups in total. The van der Waals surface area contributed by atoms with Crippen molar-refractivity contribution >= 4 is 40.8 Å². The van der Waals surface area contributed by atoms with Gasteiger partial charge in [0.15, 0.2) is 5.96 Å². The van der Waals surface area contributed by atoms with Crippen LogP contribution in [0.5, 0.6) is 0 Å². The third-order valence-electron chi connectivity index (χ3n) is 5.97. The molecule has 146 valence electrons. The first-order chi connectivity index (χ1) is 12.8. The molecular weight excluding hydrogens is 447 g/mol. The zero-order valence-corrected chi connectivity index (χ0v) is 18.6. The van der Waals surface area contributed by atoms with Gasteiger partial charge in [0.1, 0.15) is 0 Å². The van der Waals surface area contributed by atoms with Crippen molar-refractivity contribution in [2.24, 2.45) is 16.8 Å². The number of pyridine rings is 1. The minimum Gasteiger partial charge on any atom is -0.357 e. The second-order valence-corrected chi connectivity index (χ2v) is 7.69. The van der Waals surface area contributed by atoms with E-state index in [1.54, 1.807) is 0 Å². The molecule has 0 radical (unpaired) electrons. The van der Waals surface area contributed by atoms with Gasteiger partial charge in [-0.25, -0.2) is 0 Å². The number of benzene rings is 1. The Balaban J connectivity index is 0.00000210. The van der Waals surface area contributed by atoms with E-state index >= 15 is 0 Å². The average Bonchev–Trinajstić information content (AvgIpc) is 3.11. The molecule has 0 bridgehead atoms. The predicted octanol–water partition coefficient (Wildman–Crippen LogP) is 4.48. The molecule has 1 saturated carbocycles. The summed E-state index contributed by atoms with van der Waals surface area (Å²) >= 11 is 0. The number of guanidine groups is 1. The second kappa shape index (κ2) is 9.71. The number of para-hydroxylation sites is 1. The van der Waals surface area contributed by atoms with Gasteiger partial charge in [0.05, 0.1) is 5.52 Å². The Kier molecular flexibility index (Phi) is 7.33. The van der Waals surface area contributed by atoms with Gasteiger partial charge in [-0.1, -0.05) is 37.1 Å². The van der Waals surface area contributed by atoms with Gasteiger partial charge in [-0.3, -0.25) is 9.98 Å². The lowest BCUT2D eigenvalue weighted by Gasteiger charge is -2.22. The highest BCUT2D eigenvalue weighted by molar-refractivity contribution is 14.0. The van der Waals surface area contributed by atoms with Crippen LogP contribution in [-0.2, 0) is 6.42 Å². The van der Waals surface area contributed by atoms with Gasteiger partial charge in [0, 0.05) is 37.8 Å². The Morgan fingerprint density at radius 3 is 2.63 bits per heavy atom. The molecule has 1 aromatic carbocycles. The van der Waals surface area contributed by atoms with Crippen LogP contribution >= 0.6 is 24.0 Å². The topological polar surface area (TPSA) is 40.5 Å². The lowest BCUT2D eigenvalue weighted by molar-refractivity contribution is 0.299. The highest BCUT2D eigenvalue weighted by Crippen LogP contribution is 2.35. The van der Waals surface area contributed by atoms with Crippen LogP contribution in [0.25, 0.3) is 10.9 Å². The van der Waals surface area contributed by atoms with Gasteiger partial charge in [0.2, 0.25) is 0 Å². The monoisotopic (exact) mass is 478 g/mol. The summed E-state index contributed by atoms with van der Waals surface area (Å²) in [4.78, 5) is 12.0. The van der Waals surface area contributed by atoms with Crippen molar-refractivity contribution in [3.63, 3.8) is 0 Å². The molecule has 4 nitrogen and oxygen atoms in total. The Morgan fingerprint density at radius 1 is 1.15 bits per heavy atom. The van der Waals surface area contributed by atoms with E-state index in [1.807, 2.05) is 12.3 Å². The zero-order valence-electron chi connectivity index (χ0n) is 16.2. The van der Waals surface area contributed by atoms with Crippen molar-refractivity contribution in [2.75, 3.05) is 26.2 Å². The molecule has 2 aromatic rings. The molecule has 0 spiro atoms. The number of fused-ring (bicyclic) bond motifs is 2. The van der Waals surface area contributed by atoms with E-state index in [1.165, 1.54) is 49.7 Å². The summed E-state index contributed by atoms with van der Waals surface area (Å²) in [5.74, 6) is 2.87. The molecule has 1 saturated heterocycles. The first-order valence-corrected chi connectivity index (χ1v) is 10.2. The van der Waals surface area contributed by atoms with Crippen molar-refractivity contribution in [3.05, 3.63) is 42.1 Å². The summed E-state index contributed by atoms with van der Waals surface area (Å²) in [6, 6.07) is 10.6. The number of halogens is 1. The maximum Gasteiger partial charge on any atom is 0.193 e. The summed E-state index contributed by atoms with van der Waals surface area (Å²) in [6.07, 6.45) is 8.45. The minimum absolute atomic E-state index is 0. The van der Waals surface area contributed by atoms with E-state index in [9.17, 15) is 0 Å². The maximum absolute atomic E-state index is 4.96. The standard InChI is InChI=1S/C22H30N4.HI/c1-2-23-22(26-15-19-7-3-4-8-20(19)16-26)25-14-12-18-10-5-9-17-11-6-13-24-21(17)18;/h5-6,9-11,13,19-20H,2-4,7-8,12,14-16H2,1H3,(H,23,25);1H. The van der Waals surface area contributed by atoms with Crippen LogP contribution in [0.2, 0.25) is 0 Å². The highest BCUT2D eigenvalue weighted by atomic mass is 127. The van der Waals surface area contributed by atoms with Crippen LogP contribution in [-0.4, -0.2) is 42.0 Å².